The SMILES string of the molecule is Cn1c(SCC(=O)Nc2c(Cl)cccc2Cl)nnc1-c1ccc(Cl)cc1. The van der Waals surface area contributed by atoms with Crippen LogP contribution in [0.3, 0.4) is 0 Å². The molecule has 0 unspecified atom stereocenters. The minimum Gasteiger partial charge on any atom is -0.323 e. The molecule has 1 heterocycles. The van der Waals surface area contributed by atoms with E-state index in [-0.39, 0.29) is 11.7 Å². The van der Waals surface area contributed by atoms with E-state index in [2.05, 4.69) is 15.5 Å². The maximum absolute atomic E-state index is 12.2. The number of hydrogen-bond donors (Lipinski definition) is 1. The lowest BCUT2D eigenvalue weighted by molar-refractivity contribution is -0.113. The van der Waals surface area contributed by atoms with Gasteiger partial charge in [0.05, 0.1) is 21.5 Å². The quantitative estimate of drug-likeness (QED) is 0.570. The molecule has 5 nitrogen and oxygen atoms in total. The minimum atomic E-state index is -0.235. The first-order valence-corrected chi connectivity index (χ1v) is 9.59. The first kappa shape index (κ1) is 19.0. The van der Waals surface area contributed by atoms with Crippen LogP contribution in [0.2, 0.25) is 15.1 Å². The Kier molecular flexibility index (Phi) is 6.09. The third kappa shape index (κ3) is 4.32. The summed E-state index contributed by atoms with van der Waals surface area (Å²) in [5, 5.41) is 13.1. The molecule has 1 amide bonds. The van der Waals surface area contributed by atoms with Gasteiger partial charge in [0, 0.05) is 17.6 Å². The number of halogens is 3. The lowest BCUT2D eigenvalue weighted by Gasteiger charge is -2.09. The van der Waals surface area contributed by atoms with Crippen LogP contribution in [-0.2, 0) is 11.8 Å². The lowest BCUT2D eigenvalue weighted by atomic mass is 10.2. The molecule has 0 radical (unpaired) electrons. The predicted octanol–water partition coefficient (Wildman–Crippen LogP) is 5.17. The number of aromatic nitrogens is 3. The highest BCUT2D eigenvalue weighted by molar-refractivity contribution is 7.99. The van der Waals surface area contributed by atoms with Gasteiger partial charge in [0.1, 0.15) is 0 Å². The van der Waals surface area contributed by atoms with Crippen LogP contribution in [0.25, 0.3) is 11.4 Å². The van der Waals surface area contributed by atoms with E-state index in [4.69, 9.17) is 34.8 Å². The smallest absolute Gasteiger partial charge is 0.234 e. The summed E-state index contributed by atoms with van der Waals surface area (Å²) in [7, 11) is 1.84. The molecule has 0 atom stereocenters. The monoisotopic (exact) mass is 426 g/mol. The number of thioether (sulfide) groups is 1. The van der Waals surface area contributed by atoms with Gasteiger partial charge in [-0.3, -0.25) is 4.79 Å². The van der Waals surface area contributed by atoms with Crippen LogP contribution in [-0.4, -0.2) is 26.4 Å². The summed E-state index contributed by atoms with van der Waals surface area (Å²) in [5.41, 5.74) is 1.30. The number of nitrogens with zero attached hydrogens (tertiary/aromatic N) is 3. The van der Waals surface area contributed by atoms with Crippen LogP contribution in [0.5, 0.6) is 0 Å². The summed E-state index contributed by atoms with van der Waals surface area (Å²) in [4.78, 5) is 12.2. The van der Waals surface area contributed by atoms with E-state index in [9.17, 15) is 4.79 Å². The number of nitrogens with one attached hydrogen (secondary N) is 1. The Labute approximate surface area is 169 Å². The van der Waals surface area contributed by atoms with E-state index in [1.54, 1.807) is 30.3 Å². The zero-order valence-electron chi connectivity index (χ0n) is 13.5. The highest BCUT2D eigenvalue weighted by atomic mass is 35.5. The molecule has 1 N–H and O–H groups in total. The third-order valence-electron chi connectivity index (χ3n) is 3.50. The summed E-state index contributed by atoms with van der Waals surface area (Å²) in [6.45, 7) is 0. The molecule has 0 fully saturated rings. The van der Waals surface area contributed by atoms with Gasteiger partial charge in [0.2, 0.25) is 5.91 Å². The average molecular weight is 428 g/mol. The highest BCUT2D eigenvalue weighted by Gasteiger charge is 2.14. The van der Waals surface area contributed by atoms with E-state index >= 15 is 0 Å². The lowest BCUT2D eigenvalue weighted by Crippen LogP contribution is -2.15. The van der Waals surface area contributed by atoms with E-state index < -0.39 is 0 Å². The van der Waals surface area contributed by atoms with E-state index in [0.29, 0.717) is 31.7 Å². The molecule has 0 aliphatic carbocycles. The van der Waals surface area contributed by atoms with Gasteiger partial charge in [-0.1, -0.05) is 52.6 Å². The summed E-state index contributed by atoms with van der Waals surface area (Å²) < 4.78 is 1.82. The van der Waals surface area contributed by atoms with Gasteiger partial charge in [-0.25, -0.2) is 0 Å². The molecule has 134 valence electrons. The molecule has 0 spiro atoms. The summed E-state index contributed by atoms with van der Waals surface area (Å²) in [6.07, 6.45) is 0. The predicted molar refractivity (Wildman–Crippen MR) is 107 cm³/mol. The number of para-hydroxylation sites is 1. The first-order chi connectivity index (χ1) is 12.5. The van der Waals surface area contributed by atoms with Gasteiger partial charge in [-0.15, -0.1) is 10.2 Å². The van der Waals surface area contributed by atoms with Crippen LogP contribution in [0.4, 0.5) is 5.69 Å². The van der Waals surface area contributed by atoms with Crippen LogP contribution >= 0.6 is 46.6 Å². The van der Waals surface area contributed by atoms with Crippen molar-refractivity contribution >= 4 is 58.2 Å². The van der Waals surface area contributed by atoms with Crippen molar-refractivity contribution < 1.29 is 4.79 Å². The molecular formula is C17H13Cl3N4OS. The fraction of sp³-hybridized carbons (Fsp3) is 0.118. The van der Waals surface area contributed by atoms with Crippen LogP contribution in [0.15, 0.2) is 47.6 Å². The maximum Gasteiger partial charge on any atom is 0.234 e. The van der Waals surface area contributed by atoms with Crippen molar-refractivity contribution in [3.8, 4) is 11.4 Å². The molecule has 0 aliphatic rings. The summed E-state index contributed by atoms with van der Waals surface area (Å²) in [5.74, 6) is 0.605. The molecule has 3 aromatic rings. The normalized spacial score (nSPS) is 10.8. The summed E-state index contributed by atoms with van der Waals surface area (Å²) >= 11 is 19.3. The Morgan fingerprint density at radius 2 is 1.73 bits per heavy atom. The van der Waals surface area contributed by atoms with Crippen molar-refractivity contribution in [2.24, 2.45) is 7.05 Å². The second-order valence-electron chi connectivity index (χ2n) is 5.31. The molecule has 26 heavy (non-hydrogen) atoms. The first-order valence-electron chi connectivity index (χ1n) is 7.47. The van der Waals surface area contributed by atoms with Crippen molar-refractivity contribution in [3.05, 3.63) is 57.5 Å². The highest BCUT2D eigenvalue weighted by Crippen LogP contribution is 2.30. The number of hydrogen-bond acceptors (Lipinski definition) is 4. The van der Waals surface area contributed by atoms with E-state index in [1.165, 1.54) is 11.8 Å². The van der Waals surface area contributed by atoms with Gasteiger partial charge >= 0.3 is 0 Å². The molecule has 2 aromatic carbocycles. The molecule has 0 saturated heterocycles. The van der Waals surface area contributed by atoms with E-state index in [0.717, 1.165) is 5.56 Å². The van der Waals surface area contributed by atoms with E-state index in [1.807, 2.05) is 23.7 Å². The molecule has 0 bridgehead atoms. The fourth-order valence-corrected chi connectivity index (χ4v) is 3.54. The molecule has 1 aromatic heterocycles. The standard InChI is InChI=1S/C17H13Cl3N4OS/c1-24-16(10-5-7-11(18)8-6-10)22-23-17(24)26-9-14(25)21-15-12(19)3-2-4-13(15)20/h2-8H,9H2,1H3,(H,21,25). The van der Waals surface area contributed by atoms with Crippen LogP contribution in [0, 0.1) is 0 Å². The van der Waals surface area contributed by atoms with Crippen molar-refractivity contribution in [3.63, 3.8) is 0 Å². The second-order valence-corrected chi connectivity index (χ2v) is 7.50. The van der Waals surface area contributed by atoms with Gasteiger partial charge < -0.3 is 9.88 Å². The number of anilines is 1. The molecule has 9 heteroatoms. The topological polar surface area (TPSA) is 59.8 Å². The zero-order valence-corrected chi connectivity index (χ0v) is 16.6. The Hall–Kier alpha value is -1.73. The number of amides is 1. The zero-order chi connectivity index (χ0) is 18.7. The number of carbonyl (C=O) groups excluding carboxylic acids is 1. The van der Waals surface area contributed by atoms with Crippen molar-refractivity contribution in [2.75, 3.05) is 11.1 Å². The van der Waals surface area contributed by atoms with Gasteiger partial charge in [-0.05, 0) is 36.4 Å². The van der Waals surface area contributed by atoms with Crippen LogP contribution in [0.1, 0.15) is 0 Å². The van der Waals surface area contributed by atoms with Gasteiger partial charge in [-0.2, -0.15) is 0 Å². The molecular weight excluding hydrogens is 415 g/mol. The van der Waals surface area contributed by atoms with Crippen molar-refractivity contribution in [1.82, 2.24) is 14.8 Å². The van der Waals surface area contributed by atoms with Gasteiger partial charge in [0.15, 0.2) is 11.0 Å². The third-order valence-corrected chi connectivity index (χ3v) is 5.40. The molecule has 3 rings (SSSR count). The Bertz CT molecular complexity index is 923. The average Bonchev–Trinajstić information content (AvgIpc) is 2.98. The number of carbonyl (C=O) groups is 1. The van der Waals surface area contributed by atoms with Crippen molar-refractivity contribution in [2.45, 2.75) is 5.16 Å². The maximum atomic E-state index is 12.2. The minimum absolute atomic E-state index is 0.147. The molecule has 0 aliphatic heterocycles. The Morgan fingerprint density at radius 1 is 1.08 bits per heavy atom. The number of rotatable bonds is 5. The van der Waals surface area contributed by atoms with Gasteiger partial charge in [0.25, 0.3) is 0 Å². The number of benzene rings is 2. The fourth-order valence-electron chi connectivity index (χ4n) is 2.21. The largest absolute Gasteiger partial charge is 0.323 e. The molecule has 0 saturated carbocycles. The van der Waals surface area contributed by atoms with Crippen LogP contribution < -0.4 is 5.32 Å². The van der Waals surface area contributed by atoms with Crippen molar-refractivity contribution in [1.29, 1.82) is 0 Å². The Morgan fingerprint density at radius 3 is 2.38 bits per heavy atom. The summed E-state index contributed by atoms with van der Waals surface area (Å²) in [6, 6.07) is 12.4. The second kappa shape index (κ2) is 8.31. The Balaban J connectivity index is 1.67.